The molecule has 2 aliphatic heterocycles. The summed E-state index contributed by atoms with van der Waals surface area (Å²) >= 11 is 0. The molecule has 0 aromatic heterocycles. The van der Waals surface area contributed by atoms with Gasteiger partial charge in [-0.15, -0.1) is 0 Å². The van der Waals surface area contributed by atoms with Crippen LogP contribution < -0.4 is 10.2 Å². The van der Waals surface area contributed by atoms with Gasteiger partial charge in [-0.1, -0.05) is 19.1 Å². The van der Waals surface area contributed by atoms with E-state index in [0.29, 0.717) is 18.7 Å². The Morgan fingerprint density at radius 2 is 1.93 bits per heavy atom. The van der Waals surface area contributed by atoms with E-state index in [2.05, 4.69) is 29.0 Å². The quantitative estimate of drug-likeness (QED) is 0.562. The molecular weight excluding hydrogens is 369 g/mol. The molecule has 1 unspecified atom stereocenters. The number of anilines is 1. The number of halogens is 1. The van der Waals surface area contributed by atoms with Crippen LogP contribution in [-0.2, 0) is 4.79 Å². The van der Waals surface area contributed by atoms with E-state index in [1.165, 1.54) is 6.07 Å². The third kappa shape index (κ3) is 5.40. The van der Waals surface area contributed by atoms with E-state index in [1.807, 2.05) is 17.0 Å². The van der Waals surface area contributed by atoms with Crippen molar-refractivity contribution in [1.29, 1.82) is 0 Å². The van der Waals surface area contributed by atoms with E-state index < -0.39 is 0 Å². The minimum Gasteiger partial charge on any atom is -0.366 e. The molecule has 0 bridgehead atoms. The van der Waals surface area contributed by atoms with Gasteiger partial charge < -0.3 is 20.0 Å². The lowest BCUT2D eigenvalue weighted by molar-refractivity contribution is -0.129. The first-order valence-electron chi connectivity index (χ1n) is 11.0. The second-order valence-electron chi connectivity index (χ2n) is 7.70. The Morgan fingerprint density at radius 3 is 2.55 bits per heavy atom. The first-order valence-corrected chi connectivity index (χ1v) is 11.0. The summed E-state index contributed by atoms with van der Waals surface area (Å²) in [6, 6.07) is 7.25. The average molecular weight is 404 g/mol. The molecule has 2 saturated heterocycles. The highest BCUT2D eigenvalue weighted by molar-refractivity contribution is 5.80. The Balaban J connectivity index is 1.55. The van der Waals surface area contributed by atoms with Gasteiger partial charge in [0.05, 0.1) is 5.69 Å². The van der Waals surface area contributed by atoms with Crippen LogP contribution in [0.4, 0.5) is 10.1 Å². The number of carbonyl (C=O) groups is 1. The molecule has 3 rings (SSSR count). The molecule has 29 heavy (non-hydrogen) atoms. The van der Waals surface area contributed by atoms with Crippen molar-refractivity contribution in [2.24, 2.45) is 4.99 Å². The maximum Gasteiger partial charge on any atom is 0.222 e. The van der Waals surface area contributed by atoms with E-state index in [9.17, 15) is 9.18 Å². The summed E-state index contributed by atoms with van der Waals surface area (Å²) in [5.74, 6) is 1.05. The number of likely N-dealkylation sites (tertiary alicyclic amines) is 1. The van der Waals surface area contributed by atoms with Crippen molar-refractivity contribution in [3.8, 4) is 0 Å². The summed E-state index contributed by atoms with van der Waals surface area (Å²) in [5, 5.41) is 3.39. The second-order valence-corrected chi connectivity index (χ2v) is 7.70. The monoisotopic (exact) mass is 403 g/mol. The normalized spacial score (nSPS) is 19.1. The fourth-order valence-electron chi connectivity index (χ4n) is 4.25. The van der Waals surface area contributed by atoms with Crippen molar-refractivity contribution in [1.82, 2.24) is 15.1 Å². The first-order chi connectivity index (χ1) is 14.1. The molecule has 0 radical (unpaired) electrons. The van der Waals surface area contributed by atoms with E-state index in [-0.39, 0.29) is 17.8 Å². The van der Waals surface area contributed by atoms with Gasteiger partial charge in [0, 0.05) is 58.3 Å². The van der Waals surface area contributed by atoms with Crippen molar-refractivity contribution in [2.45, 2.75) is 45.6 Å². The summed E-state index contributed by atoms with van der Waals surface area (Å²) in [4.78, 5) is 23.3. The smallest absolute Gasteiger partial charge is 0.222 e. The fourth-order valence-corrected chi connectivity index (χ4v) is 4.25. The molecular formula is C22H34FN5O. The number of hydrogen-bond donors (Lipinski definition) is 1. The Morgan fingerprint density at radius 1 is 1.17 bits per heavy atom. The van der Waals surface area contributed by atoms with Crippen LogP contribution >= 0.6 is 0 Å². The molecule has 0 aliphatic carbocycles. The average Bonchev–Trinajstić information content (AvgIpc) is 3.17. The Hall–Kier alpha value is -2.31. The lowest BCUT2D eigenvalue weighted by Gasteiger charge is -2.37. The van der Waals surface area contributed by atoms with Crippen molar-refractivity contribution < 1.29 is 9.18 Å². The van der Waals surface area contributed by atoms with Crippen molar-refractivity contribution in [3.05, 3.63) is 30.1 Å². The van der Waals surface area contributed by atoms with Crippen LogP contribution in [0.2, 0.25) is 0 Å². The number of carbonyl (C=O) groups excluding carboxylic acids is 1. The van der Waals surface area contributed by atoms with Crippen LogP contribution in [0.25, 0.3) is 0 Å². The van der Waals surface area contributed by atoms with Gasteiger partial charge in [-0.05, 0) is 38.3 Å². The Labute approximate surface area is 173 Å². The van der Waals surface area contributed by atoms with Crippen molar-refractivity contribution in [3.63, 3.8) is 0 Å². The number of piperazine rings is 1. The van der Waals surface area contributed by atoms with E-state index >= 15 is 0 Å². The standard InChI is InChI=1S/C22H34FN5O/c1-3-18(28-13-7-10-21(28)29)11-12-25-22(24-4-2)27-16-14-26(15-17-27)20-9-6-5-8-19(20)23/h5-6,8-9,18H,3-4,7,10-17H2,1-2H3,(H,24,25). The summed E-state index contributed by atoms with van der Waals surface area (Å²) in [5.41, 5.74) is 0.676. The summed E-state index contributed by atoms with van der Waals surface area (Å²) in [6.45, 7) is 9.78. The number of rotatable bonds is 7. The predicted octanol–water partition coefficient (Wildman–Crippen LogP) is 2.70. The van der Waals surface area contributed by atoms with E-state index in [0.717, 1.165) is 64.5 Å². The highest BCUT2D eigenvalue weighted by atomic mass is 19.1. The van der Waals surface area contributed by atoms with Gasteiger partial charge in [0.2, 0.25) is 5.91 Å². The van der Waals surface area contributed by atoms with Crippen LogP contribution in [0.15, 0.2) is 29.3 Å². The largest absolute Gasteiger partial charge is 0.366 e. The molecule has 1 aromatic rings. The molecule has 0 spiro atoms. The van der Waals surface area contributed by atoms with Gasteiger partial charge in [0.1, 0.15) is 5.82 Å². The van der Waals surface area contributed by atoms with Gasteiger partial charge in [-0.2, -0.15) is 0 Å². The maximum absolute atomic E-state index is 14.1. The van der Waals surface area contributed by atoms with Gasteiger partial charge in [-0.25, -0.2) is 4.39 Å². The molecule has 1 N–H and O–H groups in total. The highest BCUT2D eigenvalue weighted by Crippen LogP contribution is 2.20. The molecule has 0 saturated carbocycles. The third-order valence-corrected chi connectivity index (χ3v) is 5.85. The lowest BCUT2D eigenvalue weighted by Crippen LogP contribution is -2.52. The molecule has 2 fully saturated rings. The highest BCUT2D eigenvalue weighted by Gasteiger charge is 2.26. The number of benzene rings is 1. The van der Waals surface area contributed by atoms with Crippen molar-refractivity contribution in [2.75, 3.05) is 50.7 Å². The SMILES string of the molecule is CCNC(=NCCC(CC)N1CCCC1=O)N1CCN(c2ccccc2F)CC1. The molecule has 2 aliphatic rings. The summed E-state index contributed by atoms with van der Waals surface area (Å²) < 4.78 is 14.1. The fraction of sp³-hybridized carbons (Fsp3) is 0.636. The second kappa shape index (κ2) is 10.5. The Bertz CT molecular complexity index is 702. The van der Waals surface area contributed by atoms with Crippen LogP contribution in [0.3, 0.4) is 0 Å². The number of aliphatic imine (C=N–C) groups is 1. The first kappa shape index (κ1) is 21.4. The molecule has 160 valence electrons. The van der Waals surface area contributed by atoms with Crippen LogP contribution in [-0.4, -0.2) is 73.5 Å². The maximum atomic E-state index is 14.1. The number of nitrogens with one attached hydrogen (secondary N) is 1. The van der Waals surface area contributed by atoms with Crippen molar-refractivity contribution >= 4 is 17.6 Å². The number of para-hydroxylation sites is 1. The Kier molecular flexibility index (Phi) is 7.72. The number of hydrogen-bond acceptors (Lipinski definition) is 3. The zero-order chi connectivity index (χ0) is 20.6. The number of nitrogens with zero attached hydrogens (tertiary/aromatic N) is 4. The van der Waals surface area contributed by atoms with Gasteiger partial charge in [-0.3, -0.25) is 9.79 Å². The predicted molar refractivity (Wildman–Crippen MR) is 116 cm³/mol. The lowest BCUT2D eigenvalue weighted by atomic mass is 10.1. The van der Waals surface area contributed by atoms with E-state index in [4.69, 9.17) is 4.99 Å². The minimum absolute atomic E-state index is 0.163. The van der Waals surface area contributed by atoms with Gasteiger partial charge in [0.15, 0.2) is 5.96 Å². The zero-order valence-electron chi connectivity index (χ0n) is 17.7. The third-order valence-electron chi connectivity index (χ3n) is 5.85. The minimum atomic E-state index is -0.163. The summed E-state index contributed by atoms with van der Waals surface area (Å²) in [7, 11) is 0. The van der Waals surface area contributed by atoms with Gasteiger partial charge >= 0.3 is 0 Å². The zero-order valence-corrected chi connectivity index (χ0v) is 17.7. The topological polar surface area (TPSA) is 51.2 Å². The van der Waals surface area contributed by atoms with Crippen LogP contribution in [0.5, 0.6) is 0 Å². The molecule has 2 heterocycles. The van der Waals surface area contributed by atoms with E-state index in [1.54, 1.807) is 6.07 Å². The molecule has 1 amide bonds. The molecule has 1 aromatic carbocycles. The van der Waals surface area contributed by atoms with Crippen LogP contribution in [0.1, 0.15) is 39.5 Å². The number of guanidine groups is 1. The van der Waals surface area contributed by atoms with Gasteiger partial charge in [0.25, 0.3) is 0 Å². The molecule has 6 nitrogen and oxygen atoms in total. The molecule has 7 heteroatoms. The summed E-state index contributed by atoms with van der Waals surface area (Å²) in [6.07, 6.45) is 3.54. The number of amides is 1. The molecule has 1 atom stereocenters. The van der Waals surface area contributed by atoms with Crippen LogP contribution in [0, 0.1) is 5.82 Å².